The molecule has 9 heteroatoms. The summed E-state index contributed by atoms with van der Waals surface area (Å²) in [4.78, 5) is 51.8. The second-order valence-electron chi connectivity index (χ2n) is 7.44. The molecular weight excluding hydrogens is 355 g/mol. The van der Waals surface area contributed by atoms with E-state index in [-0.39, 0.29) is 30.0 Å². The molecule has 8 nitrogen and oxygen atoms in total. The SMILES string of the molecule is O=C1CCC(N2C(=O)c3cc(N4CC5CC4CN5)cc(F)c3C2=O)C(=O)N1. The number of fused-ring (bicyclic) bond motifs is 3. The minimum absolute atomic E-state index is 0.0181. The molecule has 1 aromatic rings. The molecule has 140 valence electrons. The van der Waals surface area contributed by atoms with Crippen LogP contribution >= 0.6 is 0 Å². The van der Waals surface area contributed by atoms with Gasteiger partial charge in [0.05, 0.1) is 11.1 Å². The van der Waals surface area contributed by atoms with Gasteiger partial charge in [-0.2, -0.15) is 0 Å². The Morgan fingerprint density at radius 2 is 1.93 bits per heavy atom. The Bertz CT molecular complexity index is 917. The predicted octanol–water partition coefficient (Wildman–Crippen LogP) is -0.223. The van der Waals surface area contributed by atoms with Crippen LogP contribution in [0.5, 0.6) is 0 Å². The molecule has 2 bridgehead atoms. The van der Waals surface area contributed by atoms with Crippen LogP contribution in [0.1, 0.15) is 40.0 Å². The van der Waals surface area contributed by atoms with Crippen molar-refractivity contribution in [1.82, 2.24) is 15.5 Å². The first-order valence-corrected chi connectivity index (χ1v) is 8.99. The van der Waals surface area contributed by atoms with Crippen LogP contribution in [0.2, 0.25) is 0 Å². The first-order valence-electron chi connectivity index (χ1n) is 8.99. The number of benzene rings is 1. The number of nitrogens with zero attached hydrogens (tertiary/aromatic N) is 2. The molecule has 0 aromatic heterocycles. The maximum Gasteiger partial charge on any atom is 0.265 e. The van der Waals surface area contributed by atoms with Crippen molar-refractivity contribution in [3.05, 3.63) is 29.1 Å². The number of carbonyl (C=O) groups is 4. The van der Waals surface area contributed by atoms with Gasteiger partial charge in [-0.15, -0.1) is 0 Å². The number of anilines is 1. The Morgan fingerprint density at radius 1 is 1.11 bits per heavy atom. The predicted molar refractivity (Wildman–Crippen MR) is 90.6 cm³/mol. The Hall–Kier alpha value is -2.81. The van der Waals surface area contributed by atoms with Crippen LogP contribution in [0.25, 0.3) is 0 Å². The summed E-state index contributed by atoms with van der Waals surface area (Å²) in [6.45, 7) is 1.53. The first-order chi connectivity index (χ1) is 12.9. The number of amides is 4. The van der Waals surface area contributed by atoms with Gasteiger partial charge < -0.3 is 10.2 Å². The van der Waals surface area contributed by atoms with Gasteiger partial charge in [-0.1, -0.05) is 0 Å². The van der Waals surface area contributed by atoms with Crippen LogP contribution in [0, 0.1) is 5.82 Å². The summed E-state index contributed by atoms with van der Waals surface area (Å²) in [7, 11) is 0. The van der Waals surface area contributed by atoms with Gasteiger partial charge in [0.1, 0.15) is 11.9 Å². The van der Waals surface area contributed by atoms with Crippen molar-refractivity contribution in [2.75, 3.05) is 18.0 Å². The van der Waals surface area contributed by atoms with Gasteiger partial charge in [0.2, 0.25) is 11.8 Å². The summed E-state index contributed by atoms with van der Waals surface area (Å²) in [5.41, 5.74) is 0.262. The third kappa shape index (κ3) is 2.31. The molecule has 0 radical (unpaired) electrons. The van der Waals surface area contributed by atoms with Gasteiger partial charge in [-0.25, -0.2) is 4.39 Å². The molecule has 3 saturated heterocycles. The lowest BCUT2D eigenvalue weighted by Crippen LogP contribution is -2.54. The fourth-order valence-corrected chi connectivity index (χ4v) is 4.58. The summed E-state index contributed by atoms with van der Waals surface area (Å²) in [6.07, 6.45) is 1.04. The van der Waals surface area contributed by atoms with Crippen LogP contribution < -0.4 is 15.5 Å². The number of piperidine rings is 1. The molecular formula is C18H17FN4O4. The highest BCUT2D eigenvalue weighted by molar-refractivity contribution is 6.23. The average Bonchev–Trinajstić information content (AvgIpc) is 3.31. The van der Waals surface area contributed by atoms with Crippen LogP contribution in [-0.2, 0) is 9.59 Å². The summed E-state index contributed by atoms with van der Waals surface area (Å²) in [6, 6.07) is 2.34. The first kappa shape index (κ1) is 16.4. The standard InChI is InChI=1S/C18H17FN4O4/c19-12-5-9(22-7-8-3-10(22)6-20-8)4-11-15(12)18(27)23(17(11)26)13-1-2-14(24)21-16(13)25/h4-5,8,10,13,20H,1-3,6-7H2,(H,21,24,25). The van der Waals surface area contributed by atoms with Gasteiger partial charge >= 0.3 is 0 Å². The summed E-state index contributed by atoms with van der Waals surface area (Å²) < 4.78 is 14.8. The maximum absolute atomic E-state index is 14.8. The minimum Gasteiger partial charge on any atom is -0.366 e. The normalized spacial score (nSPS) is 29.6. The summed E-state index contributed by atoms with van der Waals surface area (Å²) in [5, 5.41) is 5.49. The molecule has 4 aliphatic heterocycles. The lowest BCUT2D eigenvalue weighted by atomic mass is 10.0. The van der Waals surface area contributed by atoms with E-state index >= 15 is 0 Å². The maximum atomic E-state index is 14.8. The number of rotatable bonds is 2. The van der Waals surface area contributed by atoms with Crippen molar-refractivity contribution < 1.29 is 23.6 Å². The number of imide groups is 2. The highest BCUT2D eigenvalue weighted by atomic mass is 19.1. The van der Waals surface area contributed by atoms with Crippen LogP contribution in [0.15, 0.2) is 12.1 Å². The zero-order valence-corrected chi connectivity index (χ0v) is 14.3. The van der Waals surface area contributed by atoms with E-state index < -0.39 is 35.5 Å². The largest absolute Gasteiger partial charge is 0.366 e. The van der Waals surface area contributed by atoms with E-state index in [4.69, 9.17) is 0 Å². The van der Waals surface area contributed by atoms with Crippen molar-refractivity contribution in [2.24, 2.45) is 0 Å². The Kier molecular flexibility index (Phi) is 3.39. The zero-order chi connectivity index (χ0) is 18.9. The van der Waals surface area contributed by atoms with E-state index in [9.17, 15) is 23.6 Å². The molecule has 1 aromatic carbocycles. The molecule has 5 rings (SSSR count). The molecule has 0 saturated carbocycles. The topological polar surface area (TPSA) is 98.8 Å². The fraction of sp³-hybridized carbons (Fsp3) is 0.444. The minimum atomic E-state index is -1.09. The lowest BCUT2D eigenvalue weighted by molar-refractivity contribution is -0.136. The second-order valence-corrected chi connectivity index (χ2v) is 7.44. The molecule has 0 spiro atoms. The Morgan fingerprint density at radius 3 is 2.59 bits per heavy atom. The molecule has 4 aliphatic rings. The Labute approximate surface area is 153 Å². The number of hydrogen-bond donors (Lipinski definition) is 2. The van der Waals surface area contributed by atoms with Crippen molar-refractivity contribution in [1.29, 1.82) is 0 Å². The number of nitrogens with one attached hydrogen (secondary N) is 2. The van der Waals surface area contributed by atoms with E-state index in [2.05, 4.69) is 15.5 Å². The van der Waals surface area contributed by atoms with Crippen LogP contribution in [0.3, 0.4) is 0 Å². The molecule has 3 fully saturated rings. The smallest absolute Gasteiger partial charge is 0.265 e. The quantitative estimate of drug-likeness (QED) is 0.697. The number of hydrogen-bond acceptors (Lipinski definition) is 6. The highest BCUT2D eigenvalue weighted by Gasteiger charge is 2.47. The molecule has 4 heterocycles. The van der Waals surface area contributed by atoms with Gasteiger partial charge in [-0.3, -0.25) is 29.4 Å². The van der Waals surface area contributed by atoms with Crippen molar-refractivity contribution in [3.8, 4) is 0 Å². The number of carbonyl (C=O) groups excluding carboxylic acids is 4. The van der Waals surface area contributed by atoms with Gasteiger partial charge in [0.25, 0.3) is 11.8 Å². The molecule has 0 aliphatic carbocycles. The van der Waals surface area contributed by atoms with Crippen LogP contribution in [0.4, 0.5) is 10.1 Å². The third-order valence-electron chi connectivity index (χ3n) is 5.87. The molecule has 3 unspecified atom stereocenters. The average molecular weight is 372 g/mol. The molecule has 27 heavy (non-hydrogen) atoms. The van der Waals surface area contributed by atoms with Crippen molar-refractivity contribution in [3.63, 3.8) is 0 Å². The zero-order valence-electron chi connectivity index (χ0n) is 14.3. The third-order valence-corrected chi connectivity index (χ3v) is 5.87. The monoisotopic (exact) mass is 372 g/mol. The van der Waals surface area contributed by atoms with E-state index in [0.717, 1.165) is 24.4 Å². The Balaban J connectivity index is 1.50. The molecule has 4 amide bonds. The van der Waals surface area contributed by atoms with Gasteiger partial charge in [0.15, 0.2) is 0 Å². The highest BCUT2D eigenvalue weighted by Crippen LogP contribution is 2.36. The van der Waals surface area contributed by atoms with E-state index in [1.807, 2.05) is 0 Å². The lowest BCUT2D eigenvalue weighted by Gasteiger charge is -2.29. The van der Waals surface area contributed by atoms with Crippen molar-refractivity contribution >= 4 is 29.3 Å². The summed E-state index contributed by atoms with van der Waals surface area (Å²) >= 11 is 0. The number of halogens is 1. The van der Waals surface area contributed by atoms with Crippen molar-refractivity contribution in [2.45, 2.75) is 37.4 Å². The second kappa shape index (κ2) is 5.59. The van der Waals surface area contributed by atoms with Crippen LogP contribution in [-0.4, -0.2) is 59.7 Å². The molecule has 3 atom stereocenters. The van der Waals surface area contributed by atoms with E-state index in [1.165, 1.54) is 6.07 Å². The van der Waals surface area contributed by atoms with E-state index in [1.54, 1.807) is 6.07 Å². The van der Waals surface area contributed by atoms with E-state index in [0.29, 0.717) is 11.7 Å². The van der Waals surface area contributed by atoms with Gasteiger partial charge in [0, 0.05) is 37.3 Å². The summed E-state index contributed by atoms with van der Waals surface area (Å²) in [5.74, 6) is -3.42. The van der Waals surface area contributed by atoms with Gasteiger partial charge in [-0.05, 0) is 25.0 Å². The number of piperazine rings is 1. The fourth-order valence-electron chi connectivity index (χ4n) is 4.58. The molecule has 2 N–H and O–H groups in total.